The molecule has 0 spiro atoms. The molecule has 2 aromatic heterocycles. The normalized spacial score (nSPS) is 17.6. The van der Waals surface area contributed by atoms with E-state index in [9.17, 15) is 8.42 Å². The molecule has 5 rings (SSSR count). The summed E-state index contributed by atoms with van der Waals surface area (Å²) in [5.74, 6) is 0.670. The smallest absolute Gasteiger partial charge is 0.224 e. The predicted molar refractivity (Wildman–Crippen MR) is 162 cm³/mol. The SMILES string of the molecule is CCc1cc(-c2cnc(CS(=O)(=O)c3ccccc3Cl)nc2OC)cc2cnc(NC3CCC(N(C)C)CC3)nc12. The first-order valence-electron chi connectivity index (χ1n) is 13.8. The van der Waals surface area contributed by atoms with E-state index in [0.29, 0.717) is 29.5 Å². The van der Waals surface area contributed by atoms with Crippen molar-refractivity contribution in [3.63, 3.8) is 0 Å². The van der Waals surface area contributed by atoms with Crippen LogP contribution in [0.5, 0.6) is 5.88 Å². The molecule has 2 heterocycles. The van der Waals surface area contributed by atoms with Crippen LogP contribution in [0.3, 0.4) is 0 Å². The molecule has 0 radical (unpaired) electrons. The number of rotatable bonds is 9. The summed E-state index contributed by atoms with van der Waals surface area (Å²) in [4.78, 5) is 20.7. The number of anilines is 1. The van der Waals surface area contributed by atoms with Gasteiger partial charge in [-0.1, -0.05) is 30.7 Å². The predicted octanol–water partition coefficient (Wildman–Crippen LogP) is 5.57. The monoisotopic (exact) mass is 594 g/mol. The molecular weight excluding hydrogens is 560 g/mol. The number of aromatic nitrogens is 4. The molecule has 0 bridgehead atoms. The van der Waals surface area contributed by atoms with Crippen LogP contribution in [0.25, 0.3) is 22.0 Å². The molecule has 216 valence electrons. The summed E-state index contributed by atoms with van der Waals surface area (Å²) in [6.45, 7) is 2.09. The van der Waals surface area contributed by atoms with Crippen molar-refractivity contribution in [2.75, 3.05) is 26.5 Å². The van der Waals surface area contributed by atoms with Crippen molar-refractivity contribution in [2.24, 2.45) is 0 Å². The van der Waals surface area contributed by atoms with Crippen LogP contribution >= 0.6 is 11.6 Å². The van der Waals surface area contributed by atoms with Crippen molar-refractivity contribution in [2.45, 2.75) is 61.8 Å². The van der Waals surface area contributed by atoms with Crippen molar-refractivity contribution in [3.05, 3.63) is 65.2 Å². The van der Waals surface area contributed by atoms with Gasteiger partial charge in [-0.15, -0.1) is 0 Å². The van der Waals surface area contributed by atoms with Crippen LogP contribution < -0.4 is 10.1 Å². The van der Waals surface area contributed by atoms with E-state index >= 15 is 0 Å². The minimum absolute atomic E-state index is 0.0468. The molecule has 41 heavy (non-hydrogen) atoms. The molecule has 1 aliphatic rings. The third kappa shape index (κ3) is 6.45. The fraction of sp³-hybridized carbons (Fsp3) is 0.400. The van der Waals surface area contributed by atoms with E-state index < -0.39 is 15.6 Å². The van der Waals surface area contributed by atoms with Crippen molar-refractivity contribution in [3.8, 4) is 17.0 Å². The molecule has 11 heteroatoms. The van der Waals surface area contributed by atoms with E-state index in [1.54, 1.807) is 24.4 Å². The van der Waals surface area contributed by atoms with E-state index in [1.807, 2.05) is 12.3 Å². The Hall–Kier alpha value is -3.34. The van der Waals surface area contributed by atoms with Crippen LogP contribution in [0.2, 0.25) is 5.02 Å². The number of hydrogen-bond donors (Lipinski definition) is 1. The van der Waals surface area contributed by atoms with Gasteiger partial charge in [0.05, 0.1) is 28.1 Å². The molecule has 1 fully saturated rings. The van der Waals surface area contributed by atoms with E-state index in [-0.39, 0.29) is 15.7 Å². The van der Waals surface area contributed by atoms with Crippen LogP contribution in [-0.4, -0.2) is 66.5 Å². The lowest BCUT2D eigenvalue weighted by Gasteiger charge is -2.32. The Morgan fingerprint density at radius 3 is 2.49 bits per heavy atom. The van der Waals surface area contributed by atoms with E-state index in [0.717, 1.165) is 54.1 Å². The molecule has 2 aromatic carbocycles. The first-order valence-corrected chi connectivity index (χ1v) is 15.8. The Morgan fingerprint density at radius 2 is 1.80 bits per heavy atom. The quantitative estimate of drug-likeness (QED) is 0.266. The number of hydrogen-bond acceptors (Lipinski definition) is 9. The topological polar surface area (TPSA) is 110 Å². The summed E-state index contributed by atoms with van der Waals surface area (Å²) in [5.41, 5.74) is 3.46. The fourth-order valence-corrected chi connectivity index (χ4v) is 7.18. The van der Waals surface area contributed by atoms with Crippen molar-refractivity contribution in [1.29, 1.82) is 0 Å². The van der Waals surface area contributed by atoms with Gasteiger partial charge in [0.2, 0.25) is 11.8 Å². The molecule has 0 amide bonds. The van der Waals surface area contributed by atoms with Gasteiger partial charge in [-0.05, 0) is 81.6 Å². The first kappa shape index (κ1) is 29.2. The minimum Gasteiger partial charge on any atom is -0.480 e. The molecule has 9 nitrogen and oxygen atoms in total. The van der Waals surface area contributed by atoms with Crippen molar-refractivity contribution >= 4 is 38.3 Å². The van der Waals surface area contributed by atoms with Gasteiger partial charge in [-0.2, -0.15) is 4.98 Å². The van der Waals surface area contributed by atoms with Gasteiger partial charge in [-0.25, -0.2) is 23.4 Å². The highest BCUT2D eigenvalue weighted by atomic mass is 35.5. The second kappa shape index (κ2) is 12.3. The maximum absolute atomic E-state index is 13.0. The van der Waals surface area contributed by atoms with Gasteiger partial charge in [-0.3, -0.25) is 0 Å². The highest BCUT2D eigenvalue weighted by Gasteiger charge is 2.24. The Labute approximate surface area is 246 Å². The summed E-state index contributed by atoms with van der Waals surface area (Å²) >= 11 is 6.13. The Balaban J connectivity index is 1.40. The molecule has 0 atom stereocenters. The molecule has 4 aromatic rings. The molecule has 0 saturated heterocycles. The lowest BCUT2D eigenvalue weighted by molar-refractivity contribution is 0.221. The number of fused-ring (bicyclic) bond motifs is 1. The Kier molecular flexibility index (Phi) is 8.72. The number of nitrogens with zero attached hydrogens (tertiary/aromatic N) is 5. The molecule has 0 aliphatic heterocycles. The average Bonchev–Trinajstić information content (AvgIpc) is 2.96. The van der Waals surface area contributed by atoms with Crippen LogP contribution in [-0.2, 0) is 22.0 Å². The third-order valence-electron chi connectivity index (χ3n) is 7.70. The number of benzene rings is 2. The summed E-state index contributed by atoms with van der Waals surface area (Å²) < 4.78 is 31.5. The standard InChI is InChI=1S/C30H35ClN6O3S/c1-5-19-14-20(15-21-16-33-30(36-28(19)21)34-22-10-12-23(13-11-22)37(2)3)24-17-32-27(35-29(24)40-4)18-41(38,39)26-9-7-6-8-25(26)31/h6-9,14-17,22-23H,5,10-13,18H2,1-4H3,(H,33,34,36). The van der Waals surface area contributed by atoms with E-state index in [2.05, 4.69) is 52.3 Å². The van der Waals surface area contributed by atoms with Crippen molar-refractivity contribution in [1.82, 2.24) is 24.8 Å². The van der Waals surface area contributed by atoms with Crippen LogP contribution in [0.1, 0.15) is 44.0 Å². The summed E-state index contributed by atoms with van der Waals surface area (Å²) in [6.07, 6.45) is 8.74. The van der Waals surface area contributed by atoms with E-state index in [4.69, 9.17) is 21.3 Å². The van der Waals surface area contributed by atoms with Crippen LogP contribution in [0.4, 0.5) is 5.95 Å². The zero-order valence-electron chi connectivity index (χ0n) is 23.8. The lowest BCUT2D eigenvalue weighted by atomic mass is 9.90. The second-order valence-corrected chi connectivity index (χ2v) is 13.0. The van der Waals surface area contributed by atoms with Crippen LogP contribution in [0.15, 0.2) is 53.7 Å². The second-order valence-electron chi connectivity index (χ2n) is 10.6. The van der Waals surface area contributed by atoms with Gasteiger partial charge < -0.3 is 15.0 Å². The molecule has 1 N–H and O–H groups in total. The number of ether oxygens (including phenoxy) is 1. The molecular formula is C30H35ClN6O3S. The Bertz CT molecular complexity index is 1660. The summed E-state index contributed by atoms with van der Waals surface area (Å²) in [7, 11) is 2.06. The lowest BCUT2D eigenvalue weighted by Crippen LogP contribution is -2.36. The van der Waals surface area contributed by atoms with Gasteiger partial charge in [0, 0.05) is 29.9 Å². The van der Waals surface area contributed by atoms with Gasteiger partial charge in [0.15, 0.2) is 9.84 Å². The van der Waals surface area contributed by atoms with Gasteiger partial charge in [0.25, 0.3) is 0 Å². The number of aryl methyl sites for hydroxylation is 1. The zero-order chi connectivity index (χ0) is 29.1. The zero-order valence-corrected chi connectivity index (χ0v) is 25.3. The number of nitrogens with one attached hydrogen (secondary N) is 1. The van der Waals surface area contributed by atoms with Gasteiger partial charge in [0.1, 0.15) is 11.6 Å². The summed E-state index contributed by atoms with van der Waals surface area (Å²) in [6, 6.07) is 11.4. The largest absolute Gasteiger partial charge is 0.480 e. The number of halogens is 1. The maximum Gasteiger partial charge on any atom is 0.224 e. The molecule has 1 aliphatic carbocycles. The summed E-state index contributed by atoms with van der Waals surface area (Å²) in [5, 5.41) is 4.61. The highest BCUT2D eigenvalue weighted by Crippen LogP contribution is 2.33. The van der Waals surface area contributed by atoms with Crippen LogP contribution in [0, 0.1) is 0 Å². The highest BCUT2D eigenvalue weighted by molar-refractivity contribution is 7.90. The minimum atomic E-state index is -3.74. The maximum atomic E-state index is 13.0. The molecule has 1 saturated carbocycles. The fourth-order valence-electron chi connectivity index (χ4n) is 5.40. The third-order valence-corrected chi connectivity index (χ3v) is 9.81. The van der Waals surface area contributed by atoms with E-state index in [1.165, 1.54) is 13.2 Å². The molecule has 0 unspecified atom stereocenters. The first-order chi connectivity index (χ1) is 19.7. The number of sulfone groups is 1. The number of methoxy groups -OCH3 is 1. The van der Waals surface area contributed by atoms with Crippen molar-refractivity contribution < 1.29 is 13.2 Å². The van der Waals surface area contributed by atoms with Gasteiger partial charge >= 0.3 is 0 Å². The Morgan fingerprint density at radius 1 is 1.05 bits per heavy atom. The average molecular weight is 595 g/mol.